The van der Waals surface area contributed by atoms with E-state index in [4.69, 9.17) is 14.6 Å². The number of carbonyl (C=O) groups is 2. The Bertz CT molecular complexity index is 1330. The highest BCUT2D eigenvalue weighted by Gasteiger charge is 2.39. The average molecular weight is 573 g/mol. The largest absolute Gasteiger partial charge is 0.462 e. The summed E-state index contributed by atoms with van der Waals surface area (Å²) in [5, 5.41) is 7.87. The number of ether oxygens (including phenoxy) is 2. The Labute approximate surface area is 236 Å². The lowest BCUT2D eigenvalue weighted by molar-refractivity contribution is 0.0160. The molecule has 0 atom stereocenters. The van der Waals surface area contributed by atoms with Gasteiger partial charge in [0, 0.05) is 37.9 Å². The first-order valence-corrected chi connectivity index (χ1v) is 16.0. The second kappa shape index (κ2) is 12.4. The molecule has 3 aliphatic rings. The fraction of sp³-hybridized carbons (Fsp3) is 0.621. The van der Waals surface area contributed by atoms with Gasteiger partial charge in [0.15, 0.2) is 0 Å². The number of nitrogens with zero attached hydrogens (tertiary/aromatic N) is 2. The quantitative estimate of drug-likeness (QED) is 0.348. The van der Waals surface area contributed by atoms with Crippen molar-refractivity contribution in [2.75, 3.05) is 26.4 Å². The number of rotatable bonds is 9. The molecule has 10 nitrogen and oxygen atoms in total. The summed E-state index contributed by atoms with van der Waals surface area (Å²) < 4.78 is 41.4. The lowest BCUT2D eigenvalue weighted by Crippen LogP contribution is -2.40. The topological polar surface area (TPSA) is 129 Å². The lowest BCUT2D eigenvalue weighted by Gasteiger charge is -2.36. The number of esters is 1. The number of nitrogens with one attached hydrogen (secondary N) is 2. The minimum Gasteiger partial charge on any atom is -0.462 e. The predicted octanol–water partition coefficient (Wildman–Crippen LogP) is 3.39. The maximum Gasteiger partial charge on any atom is 0.338 e. The number of hydrogen-bond donors (Lipinski definition) is 2. The molecule has 1 saturated heterocycles. The number of aromatic nitrogens is 2. The van der Waals surface area contributed by atoms with Crippen molar-refractivity contribution in [1.82, 2.24) is 19.8 Å². The summed E-state index contributed by atoms with van der Waals surface area (Å²) in [6.07, 6.45) is 8.51. The van der Waals surface area contributed by atoms with Gasteiger partial charge < -0.3 is 14.8 Å². The fourth-order valence-corrected chi connectivity index (χ4v) is 7.50. The van der Waals surface area contributed by atoms with Gasteiger partial charge in [0.05, 0.1) is 22.8 Å². The van der Waals surface area contributed by atoms with E-state index < -0.39 is 16.0 Å². The Balaban J connectivity index is 1.21. The third kappa shape index (κ3) is 6.42. The molecule has 40 heavy (non-hydrogen) atoms. The molecule has 3 heterocycles. The smallest absolute Gasteiger partial charge is 0.338 e. The molecule has 1 saturated carbocycles. The van der Waals surface area contributed by atoms with Crippen molar-refractivity contribution < 1.29 is 27.5 Å². The maximum atomic E-state index is 13.0. The summed E-state index contributed by atoms with van der Waals surface area (Å²) in [5.41, 5.74) is 2.68. The van der Waals surface area contributed by atoms with Crippen molar-refractivity contribution in [2.24, 2.45) is 5.41 Å². The van der Waals surface area contributed by atoms with Gasteiger partial charge in [-0.15, -0.1) is 0 Å². The normalized spacial score (nSPS) is 19.6. The number of aryl methyl sites for hydroxylation is 2. The zero-order chi connectivity index (χ0) is 28.2. The van der Waals surface area contributed by atoms with E-state index in [1.165, 1.54) is 12.1 Å². The molecular weight excluding hydrogens is 532 g/mol. The van der Waals surface area contributed by atoms with Gasteiger partial charge >= 0.3 is 5.97 Å². The van der Waals surface area contributed by atoms with Crippen LogP contribution in [0.2, 0.25) is 0 Å². The van der Waals surface area contributed by atoms with Crippen LogP contribution in [-0.4, -0.2) is 62.5 Å². The van der Waals surface area contributed by atoms with Crippen LogP contribution in [0, 0.1) is 5.41 Å². The minimum absolute atomic E-state index is 0.0286. The van der Waals surface area contributed by atoms with E-state index in [0.29, 0.717) is 44.8 Å². The van der Waals surface area contributed by atoms with Crippen LogP contribution < -0.4 is 10.0 Å². The van der Waals surface area contributed by atoms with Crippen LogP contribution in [0.5, 0.6) is 0 Å². The van der Waals surface area contributed by atoms with Gasteiger partial charge in [-0.2, -0.15) is 5.10 Å². The molecule has 5 rings (SSSR count). The minimum atomic E-state index is -3.71. The van der Waals surface area contributed by atoms with Crippen LogP contribution in [0.15, 0.2) is 29.2 Å². The standard InChI is InChI=1S/C29H40N4O6S/c1-2-33-26-24(19-29(20-30-27(26)34)13-16-38-17-14-29)25(31-33)12-7-15-39-28(35)21-8-6-11-23(18-21)40(36,37)32-22-9-4-3-5-10-22/h6,8,11,18,22,32H,2-5,7,9-10,12-17,19-20H2,1H3,(H,30,34). The highest BCUT2D eigenvalue weighted by Crippen LogP contribution is 2.38. The molecular formula is C29H40N4O6S. The van der Waals surface area contributed by atoms with Crippen molar-refractivity contribution in [3.05, 3.63) is 46.8 Å². The Kier molecular flexibility index (Phi) is 8.92. The molecule has 2 N–H and O–H groups in total. The lowest BCUT2D eigenvalue weighted by atomic mass is 9.75. The molecule has 2 aromatic rings. The summed E-state index contributed by atoms with van der Waals surface area (Å²) in [5.74, 6) is -0.647. The second-order valence-corrected chi connectivity index (χ2v) is 13.0. The fourth-order valence-electron chi connectivity index (χ4n) is 6.15. The van der Waals surface area contributed by atoms with Crippen LogP contribution >= 0.6 is 0 Å². The van der Waals surface area contributed by atoms with Gasteiger partial charge in [0.1, 0.15) is 5.69 Å². The van der Waals surface area contributed by atoms with E-state index >= 15 is 0 Å². The Morgan fingerprint density at radius 3 is 2.75 bits per heavy atom. The van der Waals surface area contributed by atoms with Gasteiger partial charge in [-0.1, -0.05) is 25.3 Å². The van der Waals surface area contributed by atoms with Crippen molar-refractivity contribution in [3.63, 3.8) is 0 Å². The van der Waals surface area contributed by atoms with E-state index in [2.05, 4.69) is 10.0 Å². The molecule has 0 radical (unpaired) electrons. The summed E-state index contributed by atoms with van der Waals surface area (Å²) >= 11 is 0. The molecule has 1 amide bonds. The first-order valence-electron chi connectivity index (χ1n) is 14.5. The number of carbonyl (C=O) groups excluding carboxylic acids is 2. The van der Waals surface area contributed by atoms with Crippen molar-refractivity contribution in [1.29, 1.82) is 0 Å². The van der Waals surface area contributed by atoms with Gasteiger partial charge in [0.25, 0.3) is 5.91 Å². The van der Waals surface area contributed by atoms with Crippen LogP contribution in [-0.2, 0) is 38.9 Å². The first-order chi connectivity index (χ1) is 19.3. The number of sulfonamides is 1. The third-order valence-electron chi connectivity index (χ3n) is 8.48. The van der Waals surface area contributed by atoms with Crippen molar-refractivity contribution >= 4 is 21.9 Å². The molecule has 2 fully saturated rings. The summed E-state index contributed by atoms with van der Waals surface area (Å²) in [7, 11) is -3.71. The monoisotopic (exact) mass is 572 g/mol. The van der Waals surface area contributed by atoms with Crippen LogP contribution in [0.4, 0.5) is 0 Å². The number of fused-ring (bicyclic) bond motifs is 1. The zero-order valence-electron chi connectivity index (χ0n) is 23.2. The number of benzene rings is 1. The zero-order valence-corrected chi connectivity index (χ0v) is 24.1. The Morgan fingerprint density at radius 2 is 2.00 bits per heavy atom. The molecule has 2 aliphatic heterocycles. The number of hydrogen-bond acceptors (Lipinski definition) is 7. The number of amides is 1. The molecule has 1 spiro atoms. The first kappa shape index (κ1) is 28.8. The summed E-state index contributed by atoms with van der Waals surface area (Å²) in [6.45, 7) is 4.75. The van der Waals surface area contributed by atoms with Crippen molar-refractivity contribution in [3.8, 4) is 0 Å². The SMILES string of the molecule is CCn1nc(CCCOC(=O)c2cccc(S(=O)(=O)NC3CCCCC3)c2)c2c1C(=O)NCC1(CCOCC1)C2. The summed E-state index contributed by atoms with van der Waals surface area (Å²) in [4.78, 5) is 25.8. The van der Waals surface area contributed by atoms with Gasteiger partial charge in [-0.05, 0) is 75.5 Å². The van der Waals surface area contributed by atoms with E-state index in [-0.39, 0.29) is 34.4 Å². The highest BCUT2D eigenvalue weighted by molar-refractivity contribution is 7.89. The van der Waals surface area contributed by atoms with Gasteiger partial charge in [0.2, 0.25) is 10.0 Å². The predicted molar refractivity (Wildman–Crippen MR) is 149 cm³/mol. The Morgan fingerprint density at radius 1 is 1.23 bits per heavy atom. The maximum absolute atomic E-state index is 13.0. The average Bonchev–Trinajstić information content (AvgIpc) is 3.24. The van der Waals surface area contributed by atoms with Gasteiger partial charge in [-0.25, -0.2) is 17.9 Å². The molecule has 0 bridgehead atoms. The van der Waals surface area contributed by atoms with E-state index in [0.717, 1.165) is 62.6 Å². The molecule has 1 aliphatic carbocycles. The van der Waals surface area contributed by atoms with Crippen molar-refractivity contribution in [2.45, 2.75) is 88.6 Å². The molecule has 218 valence electrons. The molecule has 11 heteroatoms. The van der Waals surface area contributed by atoms with Gasteiger partial charge in [-0.3, -0.25) is 9.48 Å². The third-order valence-corrected chi connectivity index (χ3v) is 9.99. The highest BCUT2D eigenvalue weighted by atomic mass is 32.2. The van der Waals surface area contributed by atoms with Crippen LogP contribution in [0.3, 0.4) is 0 Å². The van der Waals surface area contributed by atoms with Crippen LogP contribution in [0.1, 0.15) is 90.4 Å². The molecule has 1 aromatic carbocycles. The van der Waals surface area contributed by atoms with Crippen LogP contribution in [0.25, 0.3) is 0 Å². The second-order valence-electron chi connectivity index (χ2n) is 11.3. The Hall–Kier alpha value is -2.76. The molecule has 0 unspecified atom stereocenters. The van der Waals surface area contributed by atoms with E-state index in [1.807, 2.05) is 6.92 Å². The van der Waals surface area contributed by atoms with E-state index in [9.17, 15) is 18.0 Å². The summed E-state index contributed by atoms with van der Waals surface area (Å²) in [6, 6.07) is 5.95. The molecule has 1 aromatic heterocycles. The van der Waals surface area contributed by atoms with E-state index in [1.54, 1.807) is 16.8 Å².